The van der Waals surface area contributed by atoms with Crippen molar-refractivity contribution in [2.45, 2.75) is 16.2 Å². The summed E-state index contributed by atoms with van der Waals surface area (Å²) < 4.78 is 1.06. The minimum atomic E-state index is 0.572. The molecule has 0 spiro atoms. The third-order valence-electron chi connectivity index (χ3n) is 2.55. The summed E-state index contributed by atoms with van der Waals surface area (Å²) in [5, 5.41) is 1.14. The maximum absolute atomic E-state index is 6.02. The smallest absolute Gasteiger partial charge is 0.0603 e. The molecule has 0 aliphatic rings. The van der Waals surface area contributed by atoms with Crippen molar-refractivity contribution in [3.05, 3.63) is 56.5 Å². The lowest BCUT2D eigenvalue weighted by molar-refractivity contribution is 0.965. The first-order valence-corrected chi connectivity index (χ1v) is 8.08. The molecule has 1 nitrogen and oxygen atoms in total. The van der Waals surface area contributed by atoms with Crippen LogP contribution in [0, 0.1) is 0 Å². The highest BCUT2D eigenvalue weighted by Gasteiger charge is 2.06. The van der Waals surface area contributed by atoms with Gasteiger partial charge in [0.15, 0.2) is 0 Å². The van der Waals surface area contributed by atoms with Crippen LogP contribution in [0.3, 0.4) is 0 Å². The monoisotopic (exact) mass is 375 g/mol. The van der Waals surface area contributed by atoms with Crippen LogP contribution in [0.2, 0.25) is 10.0 Å². The Morgan fingerprint density at radius 1 is 1.05 bits per heavy atom. The van der Waals surface area contributed by atoms with Gasteiger partial charge in [-0.3, -0.25) is 0 Å². The fourth-order valence-corrected chi connectivity index (χ4v) is 3.51. The third-order valence-corrected chi connectivity index (χ3v) is 5.27. The van der Waals surface area contributed by atoms with E-state index in [1.807, 2.05) is 18.2 Å². The largest absolute Gasteiger partial charge is 0.330 e. The lowest BCUT2D eigenvalue weighted by Gasteiger charge is -2.07. The number of halogens is 3. The quantitative estimate of drug-likeness (QED) is 0.771. The predicted octanol–water partition coefficient (Wildman–Crippen LogP) is 5.41. The maximum atomic E-state index is 6.02. The summed E-state index contributed by atoms with van der Waals surface area (Å²) in [6.07, 6.45) is 0.885. The van der Waals surface area contributed by atoms with E-state index < -0.39 is 0 Å². The second kappa shape index (κ2) is 7.00. The highest BCUT2D eigenvalue weighted by molar-refractivity contribution is 9.10. The number of rotatable bonds is 4. The number of nitrogens with two attached hydrogens (primary N) is 1. The van der Waals surface area contributed by atoms with Crippen LogP contribution < -0.4 is 5.73 Å². The fourth-order valence-electron chi connectivity index (χ4n) is 1.62. The molecule has 2 rings (SSSR count). The van der Waals surface area contributed by atoms with E-state index in [0.29, 0.717) is 16.6 Å². The summed E-state index contributed by atoms with van der Waals surface area (Å²) in [5.41, 5.74) is 6.78. The van der Waals surface area contributed by atoms with E-state index in [-0.39, 0.29) is 0 Å². The van der Waals surface area contributed by atoms with Crippen molar-refractivity contribution in [3.8, 4) is 0 Å². The molecule has 19 heavy (non-hydrogen) atoms. The molecule has 0 heterocycles. The highest BCUT2D eigenvalue weighted by atomic mass is 79.9. The minimum Gasteiger partial charge on any atom is -0.330 e. The molecule has 0 fully saturated rings. The predicted molar refractivity (Wildman–Crippen MR) is 87.5 cm³/mol. The van der Waals surface area contributed by atoms with Gasteiger partial charge in [0.05, 0.1) is 10.0 Å². The SMILES string of the molecule is NCCc1ccc(Sc2ccc(Cl)c(Cl)c2)c(Br)c1. The second-order valence-corrected chi connectivity index (χ2v) is 6.77. The molecular formula is C14H12BrCl2NS. The molecule has 0 saturated heterocycles. The van der Waals surface area contributed by atoms with Gasteiger partial charge in [-0.1, -0.05) is 41.0 Å². The maximum Gasteiger partial charge on any atom is 0.0603 e. The summed E-state index contributed by atoms with van der Waals surface area (Å²) in [6, 6.07) is 11.9. The number of hydrogen-bond acceptors (Lipinski definition) is 2. The van der Waals surface area contributed by atoms with E-state index >= 15 is 0 Å². The van der Waals surface area contributed by atoms with Crippen LogP contribution in [-0.2, 0) is 6.42 Å². The first kappa shape index (κ1) is 15.2. The van der Waals surface area contributed by atoms with Crippen LogP contribution >= 0.6 is 50.9 Å². The van der Waals surface area contributed by atoms with Crippen LogP contribution in [0.4, 0.5) is 0 Å². The zero-order chi connectivity index (χ0) is 13.8. The summed E-state index contributed by atoms with van der Waals surface area (Å²) >= 11 is 17.2. The molecule has 2 aromatic rings. The van der Waals surface area contributed by atoms with Crippen molar-refractivity contribution in [3.63, 3.8) is 0 Å². The Morgan fingerprint density at radius 3 is 2.47 bits per heavy atom. The lowest BCUT2D eigenvalue weighted by atomic mass is 10.2. The van der Waals surface area contributed by atoms with Gasteiger partial charge in [-0.25, -0.2) is 0 Å². The third kappa shape index (κ3) is 4.14. The molecule has 2 aromatic carbocycles. The Kier molecular flexibility index (Phi) is 5.60. The summed E-state index contributed by atoms with van der Waals surface area (Å²) in [4.78, 5) is 2.20. The van der Waals surface area contributed by atoms with Crippen molar-refractivity contribution in [1.82, 2.24) is 0 Å². The molecule has 0 saturated carbocycles. The molecule has 5 heteroatoms. The van der Waals surface area contributed by atoms with E-state index in [1.54, 1.807) is 11.8 Å². The molecule has 0 aliphatic carbocycles. The van der Waals surface area contributed by atoms with Gasteiger partial charge in [0.2, 0.25) is 0 Å². The Hall–Kier alpha value is -0.190. The molecule has 0 bridgehead atoms. The van der Waals surface area contributed by atoms with Crippen LogP contribution in [0.15, 0.2) is 50.7 Å². The van der Waals surface area contributed by atoms with Gasteiger partial charge in [-0.05, 0) is 64.8 Å². The van der Waals surface area contributed by atoms with Crippen molar-refractivity contribution < 1.29 is 0 Å². The van der Waals surface area contributed by atoms with E-state index in [0.717, 1.165) is 20.7 Å². The number of benzene rings is 2. The molecule has 0 aromatic heterocycles. The Bertz CT molecular complexity index is 590. The summed E-state index contributed by atoms with van der Waals surface area (Å²) in [7, 11) is 0. The molecule has 0 aliphatic heterocycles. The summed E-state index contributed by atoms with van der Waals surface area (Å²) in [5.74, 6) is 0. The zero-order valence-electron chi connectivity index (χ0n) is 10.00. The van der Waals surface area contributed by atoms with Crippen LogP contribution in [0.25, 0.3) is 0 Å². The normalized spacial score (nSPS) is 10.7. The molecule has 0 atom stereocenters. The van der Waals surface area contributed by atoms with E-state index in [2.05, 4.69) is 34.1 Å². The lowest BCUT2D eigenvalue weighted by Crippen LogP contribution is -2.02. The van der Waals surface area contributed by atoms with Crippen molar-refractivity contribution in [2.75, 3.05) is 6.54 Å². The van der Waals surface area contributed by atoms with Gasteiger partial charge in [-0.15, -0.1) is 0 Å². The van der Waals surface area contributed by atoms with Gasteiger partial charge >= 0.3 is 0 Å². The van der Waals surface area contributed by atoms with Crippen LogP contribution in [0.5, 0.6) is 0 Å². The van der Waals surface area contributed by atoms with Crippen molar-refractivity contribution in [2.24, 2.45) is 5.73 Å². The molecule has 0 amide bonds. The van der Waals surface area contributed by atoms with Gasteiger partial charge in [0.1, 0.15) is 0 Å². The van der Waals surface area contributed by atoms with Gasteiger partial charge < -0.3 is 5.73 Å². The Morgan fingerprint density at radius 2 is 1.84 bits per heavy atom. The molecule has 100 valence electrons. The molecule has 2 N–H and O–H groups in total. The highest BCUT2D eigenvalue weighted by Crippen LogP contribution is 2.36. The number of hydrogen-bond donors (Lipinski definition) is 1. The van der Waals surface area contributed by atoms with Crippen LogP contribution in [-0.4, -0.2) is 6.54 Å². The molecule has 0 unspecified atom stereocenters. The van der Waals surface area contributed by atoms with Gasteiger partial charge in [0, 0.05) is 14.3 Å². The average molecular weight is 377 g/mol. The van der Waals surface area contributed by atoms with Gasteiger partial charge in [0.25, 0.3) is 0 Å². The Balaban J connectivity index is 2.20. The average Bonchev–Trinajstić information content (AvgIpc) is 2.37. The van der Waals surface area contributed by atoms with E-state index in [4.69, 9.17) is 28.9 Å². The zero-order valence-corrected chi connectivity index (χ0v) is 13.9. The summed E-state index contributed by atoms with van der Waals surface area (Å²) in [6.45, 7) is 0.658. The van der Waals surface area contributed by atoms with E-state index in [1.165, 1.54) is 5.56 Å². The molecule has 0 radical (unpaired) electrons. The fraction of sp³-hybridized carbons (Fsp3) is 0.143. The second-order valence-electron chi connectivity index (χ2n) is 3.98. The van der Waals surface area contributed by atoms with Crippen molar-refractivity contribution >= 4 is 50.9 Å². The van der Waals surface area contributed by atoms with E-state index in [9.17, 15) is 0 Å². The van der Waals surface area contributed by atoms with Crippen LogP contribution in [0.1, 0.15) is 5.56 Å². The Labute approximate surface area is 135 Å². The first-order valence-electron chi connectivity index (χ1n) is 5.71. The standard InChI is InChI=1S/C14H12BrCl2NS/c15-11-7-9(5-6-18)1-4-14(11)19-10-2-3-12(16)13(17)8-10/h1-4,7-8H,5-6,18H2. The first-order chi connectivity index (χ1) is 9.10. The molecular weight excluding hydrogens is 365 g/mol. The van der Waals surface area contributed by atoms with Crippen molar-refractivity contribution in [1.29, 1.82) is 0 Å². The minimum absolute atomic E-state index is 0.572. The van der Waals surface area contributed by atoms with Gasteiger partial charge in [-0.2, -0.15) is 0 Å². The topological polar surface area (TPSA) is 26.0 Å².